The smallest absolute Gasteiger partial charge is 0.228 e. The van der Waals surface area contributed by atoms with Crippen LogP contribution in [0.5, 0.6) is 0 Å². The van der Waals surface area contributed by atoms with E-state index < -0.39 is 0 Å². The Labute approximate surface area is 130 Å². The summed E-state index contributed by atoms with van der Waals surface area (Å²) in [6, 6.07) is 9.57. The molecule has 0 bridgehead atoms. The maximum Gasteiger partial charge on any atom is 0.228 e. The number of piperazine rings is 1. The fraction of sp³-hybridized carbons (Fsp3) is 0.467. The van der Waals surface area contributed by atoms with E-state index in [4.69, 9.17) is 0 Å². The molecule has 0 aliphatic carbocycles. The number of halogens is 1. The van der Waals surface area contributed by atoms with Crippen LogP contribution < -0.4 is 10.2 Å². The van der Waals surface area contributed by atoms with Gasteiger partial charge in [-0.1, -0.05) is 18.2 Å². The summed E-state index contributed by atoms with van der Waals surface area (Å²) in [6.45, 7) is 3.68. The Balaban J connectivity index is 0.00000161. The van der Waals surface area contributed by atoms with Crippen molar-refractivity contribution < 1.29 is 9.59 Å². The molecule has 1 aromatic carbocycles. The zero-order chi connectivity index (χ0) is 13.9. The van der Waals surface area contributed by atoms with E-state index in [1.807, 2.05) is 35.2 Å². The summed E-state index contributed by atoms with van der Waals surface area (Å²) in [7, 11) is 0. The first kappa shape index (κ1) is 15.8. The van der Waals surface area contributed by atoms with E-state index in [0.717, 1.165) is 31.9 Å². The number of carbonyl (C=O) groups is 2. The van der Waals surface area contributed by atoms with Crippen molar-refractivity contribution in [1.82, 2.24) is 10.2 Å². The van der Waals surface area contributed by atoms with E-state index in [9.17, 15) is 9.59 Å². The monoisotopic (exact) mass is 309 g/mol. The van der Waals surface area contributed by atoms with Gasteiger partial charge in [0, 0.05) is 44.8 Å². The van der Waals surface area contributed by atoms with Crippen LogP contribution in [0.1, 0.15) is 6.42 Å². The van der Waals surface area contributed by atoms with Crippen LogP contribution in [0.25, 0.3) is 0 Å². The third kappa shape index (κ3) is 3.36. The summed E-state index contributed by atoms with van der Waals surface area (Å²) in [5, 5.41) is 3.23. The van der Waals surface area contributed by atoms with Crippen LogP contribution in [0.15, 0.2) is 30.3 Å². The average Bonchev–Trinajstić information content (AvgIpc) is 2.90. The number of anilines is 1. The molecule has 1 atom stereocenters. The molecule has 0 aromatic heterocycles. The minimum absolute atomic E-state index is 0. The largest absolute Gasteiger partial charge is 0.340 e. The highest BCUT2D eigenvalue weighted by Crippen LogP contribution is 2.26. The summed E-state index contributed by atoms with van der Waals surface area (Å²) in [4.78, 5) is 28.2. The molecule has 21 heavy (non-hydrogen) atoms. The van der Waals surface area contributed by atoms with Gasteiger partial charge in [0.25, 0.3) is 0 Å². The molecular weight excluding hydrogens is 290 g/mol. The van der Waals surface area contributed by atoms with Crippen LogP contribution >= 0.6 is 12.4 Å². The quantitative estimate of drug-likeness (QED) is 0.883. The van der Waals surface area contributed by atoms with Gasteiger partial charge >= 0.3 is 0 Å². The van der Waals surface area contributed by atoms with Gasteiger partial charge in [0.2, 0.25) is 11.8 Å². The summed E-state index contributed by atoms with van der Waals surface area (Å²) in [6.07, 6.45) is 0.331. The van der Waals surface area contributed by atoms with E-state index >= 15 is 0 Å². The van der Waals surface area contributed by atoms with E-state index in [1.54, 1.807) is 4.90 Å². The van der Waals surface area contributed by atoms with Gasteiger partial charge < -0.3 is 15.1 Å². The highest BCUT2D eigenvalue weighted by atomic mass is 35.5. The molecule has 2 aliphatic rings. The molecule has 1 unspecified atom stereocenters. The number of hydrogen-bond acceptors (Lipinski definition) is 3. The molecule has 6 heteroatoms. The Bertz CT molecular complexity index is 503. The van der Waals surface area contributed by atoms with Crippen LogP contribution in [0, 0.1) is 5.92 Å². The molecule has 2 fully saturated rings. The van der Waals surface area contributed by atoms with Crippen LogP contribution in [0.2, 0.25) is 0 Å². The fourth-order valence-corrected chi connectivity index (χ4v) is 2.87. The predicted octanol–water partition coefficient (Wildman–Crippen LogP) is 0.893. The molecular formula is C15H20ClN3O2. The summed E-state index contributed by atoms with van der Waals surface area (Å²) >= 11 is 0. The van der Waals surface area contributed by atoms with Gasteiger partial charge in [-0.3, -0.25) is 9.59 Å². The number of hydrogen-bond donors (Lipinski definition) is 1. The fourth-order valence-electron chi connectivity index (χ4n) is 2.87. The Morgan fingerprint density at radius 2 is 1.81 bits per heavy atom. The van der Waals surface area contributed by atoms with Crippen LogP contribution in [-0.2, 0) is 9.59 Å². The number of rotatable bonds is 2. The number of carbonyl (C=O) groups excluding carboxylic acids is 2. The highest BCUT2D eigenvalue weighted by molar-refractivity contribution is 6.00. The molecule has 0 radical (unpaired) electrons. The maximum atomic E-state index is 12.4. The lowest BCUT2D eigenvalue weighted by atomic mass is 10.1. The first-order valence-corrected chi connectivity index (χ1v) is 7.10. The summed E-state index contributed by atoms with van der Waals surface area (Å²) in [5.74, 6) is -0.0243. The van der Waals surface area contributed by atoms with Crippen molar-refractivity contribution >= 4 is 29.9 Å². The second-order valence-corrected chi connectivity index (χ2v) is 5.32. The van der Waals surface area contributed by atoms with E-state index in [-0.39, 0.29) is 30.1 Å². The average molecular weight is 310 g/mol. The molecule has 0 saturated carbocycles. The van der Waals surface area contributed by atoms with Gasteiger partial charge in [0.1, 0.15) is 0 Å². The molecule has 3 rings (SSSR count). The van der Waals surface area contributed by atoms with Gasteiger partial charge in [-0.05, 0) is 12.1 Å². The summed E-state index contributed by atoms with van der Waals surface area (Å²) < 4.78 is 0. The Kier molecular flexibility index (Phi) is 5.20. The SMILES string of the molecule is Cl.O=C(C1CC(=O)N(c2ccccc2)C1)N1CCNCC1. The minimum atomic E-state index is -0.194. The van der Waals surface area contributed by atoms with Crippen molar-refractivity contribution in [3.63, 3.8) is 0 Å². The van der Waals surface area contributed by atoms with Gasteiger partial charge in [-0.2, -0.15) is 0 Å². The Morgan fingerprint density at radius 3 is 2.48 bits per heavy atom. The zero-order valence-electron chi connectivity index (χ0n) is 11.8. The predicted molar refractivity (Wildman–Crippen MR) is 83.6 cm³/mol. The zero-order valence-corrected chi connectivity index (χ0v) is 12.6. The normalized spacial score (nSPS) is 22.1. The van der Waals surface area contributed by atoms with Gasteiger partial charge in [-0.25, -0.2) is 0 Å². The van der Waals surface area contributed by atoms with Gasteiger partial charge in [-0.15, -0.1) is 12.4 Å². The lowest BCUT2D eigenvalue weighted by molar-refractivity contribution is -0.136. The second kappa shape index (κ2) is 6.91. The molecule has 1 N–H and O–H groups in total. The second-order valence-electron chi connectivity index (χ2n) is 5.32. The molecule has 2 amide bonds. The Morgan fingerprint density at radius 1 is 1.14 bits per heavy atom. The van der Waals surface area contributed by atoms with Crippen LogP contribution in [0.3, 0.4) is 0 Å². The first-order chi connectivity index (χ1) is 9.75. The number of benzene rings is 1. The molecule has 5 nitrogen and oxygen atoms in total. The minimum Gasteiger partial charge on any atom is -0.340 e. The van der Waals surface area contributed by atoms with Crippen LogP contribution in [-0.4, -0.2) is 49.4 Å². The van der Waals surface area contributed by atoms with Gasteiger partial charge in [0.15, 0.2) is 0 Å². The van der Waals surface area contributed by atoms with Crippen molar-refractivity contribution in [2.24, 2.45) is 5.92 Å². The number of nitrogens with one attached hydrogen (secondary N) is 1. The maximum absolute atomic E-state index is 12.4. The van der Waals surface area contributed by atoms with E-state index in [0.29, 0.717) is 13.0 Å². The van der Waals surface area contributed by atoms with E-state index in [1.165, 1.54) is 0 Å². The van der Waals surface area contributed by atoms with Crippen molar-refractivity contribution in [1.29, 1.82) is 0 Å². The van der Waals surface area contributed by atoms with Crippen molar-refractivity contribution in [3.05, 3.63) is 30.3 Å². The van der Waals surface area contributed by atoms with Crippen molar-refractivity contribution in [3.8, 4) is 0 Å². The molecule has 2 aliphatic heterocycles. The van der Waals surface area contributed by atoms with Crippen molar-refractivity contribution in [2.45, 2.75) is 6.42 Å². The standard InChI is InChI=1S/C15H19N3O2.ClH/c19-14-10-12(15(20)17-8-6-16-7-9-17)11-18(14)13-4-2-1-3-5-13;/h1-5,12,16H,6-11H2;1H. The molecule has 1 aromatic rings. The van der Waals surface area contributed by atoms with Gasteiger partial charge in [0.05, 0.1) is 5.92 Å². The molecule has 114 valence electrons. The first-order valence-electron chi connectivity index (χ1n) is 7.10. The van der Waals surface area contributed by atoms with Crippen molar-refractivity contribution in [2.75, 3.05) is 37.6 Å². The van der Waals surface area contributed by atoms with Crippen LogP contribution in [0.4, 0.5) is 5.69 Å². The molecule has 2 saturated heterocycles. The number of para-hydroxylation sites is 1. The molecule has 2 heterocycles. The third-order valence-corrected chi connectivity index (χ3v) is 3.97. The number of nitrogens with zero attached hydrogens (tertiary/aromatic N) is 2. The lowest BCUT2D eigenvalue weighted by Crippen LogP contribution is -2.48. The number of amides is 2. The van der Waals surface area contributed by atoms with E-state index in [2.05, 4.69) is 5.32 Å². The Hall–Kier alpha value is -1.59. The third-order valence-electron chi connectivity index (χ3n) is 3.97. The lowest BCUT2D eigenvalue weighted by Gasteiger charge is -2.29. The summed E-state index contributed by atoms with van der Waals surface area (Å²) in [5.41, 5.74) is 0.883. The topological polar surface area (TPSA) is 52.7 Å². The molecule has 0 spiro atoms. The highest BCUT2D eigenvalue weighted by Gasteiger charge is 2.37.